The number of amides is 6. The third-order valence-corrected chi connectivity index (χ3v) is 4.77. The number of barbiturate groups is 1. The van der Waals surface area contributed by atoms with Gasteiger partial charge in [0, 0.05) is 22.9 Å². The zero-order valence-corrected chi connectivity index (χ0v) is 18.6. The van der Waals surface area contributed by atoms with Crippen molar-refractivity contribution in [2.24, 2.45) is 16.4 Å². The van der Waals surface area contributed by atoms with Gasteiger partial charge in [0.1, 0.15) is 5.82 Å². The third kappa shape index (κ3) is 5.31. The number of nitrogens with zero attached hydrogens (tertiary/aromatic N) is 2. The Hall–Kier alpha value is -4.41. The first-order valence-corrected chi connectivity index (χ1v) is 10.2. The molecule has 0 bridgehead atoms. The average molecular weight is 467 g/mol. The van der Waals surface area contributed by atoms with Gasteiger partial charge in [0.25, 0.3) is 11.8 Å². The van der Waals surface area contributed by atoms with Gasteiger partial charge in [0.05, 0.1) is 5.69 Å². The molecule has 0 spiro atoms. The van der Waals surface area contributed by atoms with Crippen LogP contribution in [-0.2, 0) is 14.4 Å². The van der Waals surface area contributed by atoms with Crippen molar-refractivity contribution in [3.05, 3.63) is 59.9 Å². The SMILES string of the molecule is CC(C)(C)C(=O)Nc1ccc(C(=O)N/N=C\[C@@H]2C(=O)NC(=O)N(c3ccccc3F)C2=O)cc1. The molecule has 0 unspecified atom stereocenters. The molecule has 0 saturated carbocycles. The van der Waals surface area contributed by atoms with Gasteiger partial charge in [-0.3, -0.25) is 24.5 Å². The van der Waals surface area contributed by atoms with Crippen LogP contribution in [0.25, 0.3) is 0 Å². The van der Waals surface area contributed by atoms with Crippen LogP contribution in [0.5, 0.6) is 0 Å². The molecule has 0 aromatic heterocycles. The number of hydrogen-bond acceptors (Lipinski definition) is 6. The molecule has 2 aromatic rings. The molecule has 1 aliphatic rings. The van der Waals surface area contributed by atoms with Crippen molar-refractivity contribution in [2.45, 2.75) is 20.8 Å². The van der Waals surface area contributed by atoms with Gasteiger partial charge < -0.3 is 5.32 Å². The molecule has 2 aromatic carbocycles. The van der Waals surface area contributed by atoms with Crippen molar-refractivity contribution in [1.29, 1.82) is 0 Å². The van der Waals surface area contributed by atoms with Crippen LogP contribution >= 0.6 is 0 Å². The maximum absolute atomic E-state index is 14.1. The van der Waals surface area contributed by atoms with Gasteiger partial charge in [-0.05, 0) is 36.4 Å². The van der Waals surface area contributed by atoms with Gasteiger partial charge in [0.15, 0.2) is 5.92 Å². The zero-order valence-electron chi connectivity index (χ0n) is 18.6. The third-order valence-electron chi connectivity index (χ3n) is 4.77. The van der Waals surface area contributed by atoms with E-state index < -0.39 is 40.9 Å². The number of anilines is 2. The molecule has 0 radical (unpaired) electrons. The average Bonchev–Trinajstić information content (AvgIpc) is 2.77. The summed E-state index contributed by atoms with van der Waals surface area (Å²) in [7, 11) is 0. The molecule has 1 aliphatic heterocycles. The Balaban J connectivity index is 1.67. The summed E-state index contributed by atoms with van der Waals surface area (Å²) in [5.41, 5.74) is 1.98. The van der Waals surface area contributed by atoms with Gasteiger partial charge in [-0.15, -0.1) is 0 Å². The van der Waals surface area contributed by atoms with Gasteiger partial charge >= 0.3 is 6.03 Å². The van der Waals surface area contributed by atoms with Crippen LogP contribution in [0.2, 0.25) is 0 Å². The fourth-order valence-corrected chi connectivity index (χ4v) is 2.84. The maximum Gasteiger partial charge on any atom is 0.335 e. The lowest BCUT2D eigenvalue weighted by Gasteiger charge is -2.28. The topological polar surface area (TPSA) is 137 Å². The molecule has 0 aliphatic carbocycles. The highest BCUT2D eigenvalue weighted by atomic mass is 19.1. The zero-order chi connectivity index (χ0) is 25.0. The van der Waals surface area contributed by atoms with Crippen molar-refractivity contribution in [2.75, 3.05) is 10.2 Å². The van der Waals surface area contributed by atoms with Gasteiger partial charge in [-0.2, -0.15) is 5.10 Å². The van der Waals surface area contributed by atoms with E-state index in [-0.39, 0.29) is 17.2 Å². The number of hydrazone groups is 1. The molecule has 1 fully saturated rings. The van der Waals surface area contributed by atoms with Crippen molar-refractivity contribution < 1.29 is 28.4 Å². The van der Waals surface area contributed by atoms with E-state index >= 15 is 0 Å². The Bertz CT molecular complexity index is 1190. The molecule has 6 amide bonds. The quantitative estimate of drug-likeness (QED) is 0.352. The molecule has 176 valence electrons. The minimum absolute atomic E-state index is 0.187. The lowest BCUT2D eigenvalue weighted by Crippen LogP contribution is -2.59. The van der Waals surface area contributed by atoms with Crippen molar-refractivity contribution in [3.8, 4) is 0 Å². The summed E-state index contributed by atoms with van der Waals surface area (Å²) in [6.45, 7) is 5.31. The minimum Gasteiger partial charge on any atom is -0.326 e. The second-order valence-electron chi connectivity index (χ2n) is 8.40. The van der Waals surface area contributed by atoms with Crippen LogP contribution in [-0.4, -0.2) is 35.9 Å². The molecule has 1 atom stereocenters. The van der Waals surface area contributed by atoms with Gasteiger partial charge in [-0.25, -0.2) is 19.5 Å². The van der Waals surface area contributed by atoms with E-state index in [9.17, 15) is 28.4 Å². The predicted molar refractivity (Wildman–Crippen MR) is 121 cm³/mol. The lowest BCUT2D eigenvalue weighted by molar-refractivity contribution is -0.131. The number of benzene rings is 2. The van der Waals surface area contributed by atoms with Gasteiger partial charge in [-0.1, -0.05) is 32.9 Å². The van der Waals surface area contributed by atoms with E-state index in [1.165, 1.54) is 42.5 Å². The Morgan fingerprint density at radius 3 is 2.32 bits per heavy atom. The normalized spacial score (nSPS) is 16.4. The Morgan fingerprint density at radius 1 is 1.06 bits per heavy atom. The number of carbonyl (C=O) groups is 5. The van der Waals surface area contributed by atoms with Crippen molar-refractivity contribution in [1.82, 2.24) is 10.7 Å². The number of hydrogen-bond donors (Lipinski definition) is 3. The first-order chi connectivity index (χ1) is 16.0. The van der Waals surface area contributed by atoms with E-state index in [0.29, 0.717) is 10.6 Å². The number of imide groups is 2. The fourth-order valence-electron chi connectivity index (χ4n) is 2.84. The van der Waals surface area contributed by atoms with E-state index in [0.717, 1.165) is 12.3 Å². The monoisotopic (exact) mass is 467 g/mol. The predicted octanol–water partition coefficient (Wildman–Crippen LogP) is 2.43. The second kappa shape index (κ2) is 9.61. The smallest absolute Gasteiger partial charge is 0.326 e. The maximum atomic E-state index is 14.1. The molecule has 10 nitrogen and oxygen atoms in total. The number of nitrogens with one attached hydrogen (secondary N) is 3. The molecule has 3 rings (SSSR count). The first-order valence-electron chi connectivity index (χ1n) is 10.2. The van der Waals surface area contributed by atoms with Crippen LogP contribution in [0, 0.1) is 17.2 Å². The van der Waals surface area contributed by atoms with E-state index in [4.69, 9.17) is 0 Å². The largest absolute Gasteiger partial charge is 0.335 e. The molecule has 1 saturated heterocycles. The Morgan fingerprint density at radius 2 is 1.71 bits per heavy atom. The number of rotatable bonds is 5. The summed E-state index contributed by atoms with van der Waals surface area (Å²) in [6.07, 6.45) is 0.855. The summed E-state index contributed by atoms with van der Waals surface area (Å²) in [5.74, 6) is -5.20. The Labute approximate surface area is 194 Å². The molecule has 11 heteroatoms. The molecular weight excluding hydrogens is 445 g/mol. The van der Waals surface area contributed by atoms with Crippen LogP contribution in [0.1, 0.15) is 31.1 Å². The van der Waals surface area contributed by atoms with E-state index in [2.05, 4.69) is 15.8 Å². The van der Waals surface area contributed by atoms with Crippen LogP contribution in [0.3, 0.4) is 0 Å². The van der Waals surface area contributed by atoms with Crippen LogP contribution in [0.15, 0.2) is 53.6 Å². The number of halogens is 1. The number of para-hydroxylation sites is 1. The number of urea groups is 1. The number of carbonyl (C=O) groups excluding carboxylic acids is 5. The standard InChI is InChI=1S/C23H22FN5O5/c1-23(2,3)21(33)26-14-10-8-13(9-11-14)18(30)28-25-12-15-19(31)27-22(34)29(20(15)32)17-7-5-4-6-16(17)24/h4-12,15H,1-3H3,(H,26,33)(H,28,30)(H,27,31,34)/b25-12-/t15-/m1/s1. The molecule has 34 heavy (non-hydrogen) atoms. The highest BCUT2D eigenvalue weighted by Crippen LogP contribution is 2.23. The van der Waals surface area contributed by atoms with E-state index in [1.807, 2.05) is 5.32 Å². The molecular formula is C23H22FN5O5. The van der Waals surface area contributed by atoms with Crippen LogP contribution in [0.4, 0.5) is 20.6 Å². The minimum atomic E-state index is -1.56. The highest BCUT2D eigenvalue weighted by molar-refractivity contribution is 6.32. The van der Waals surface area contributed by atoms with E-state index in [1.54, 1.807) is 20.8 Å². The fraction of sp³-hybridized carbons (Fsp3) is 0.217. The second-order valence-corrected chi connectivity index (χ2v) is 8.40. The lowest BCUT2D eigenvalue weighted by atomic mass is 9.95. The summed E-state index contributed by atoms with van der Waals surface area (Å²) in [6, 6.07) is 10.00. The van der Waals surface area contributed by atoms with Crippen LogP contribution < -0.4 is 21.0 Å². The first kappa shape index (κ1) is 24.2. The summed E-state index contributed by atoms with van der Waals surface area (Å²) in [5, 5.41) is 8.33. The molecule has 3 N–H and O–H groups in total. The summed E-state index contributed by atoms with van der Waals surface area (Å²) in [4.78, 5) is 61.7. The molecule has 1 heterocycles. The van der Waals surface area contributed by atoms with Gasteiger partial charge in [0.2, 0.25) is 11.8 Å². The van der Waals surface area contributed by atoms with Crippen molar-refractivity contribution in [3.63, 3.8) is 0 Å². The highest BCUT2D eigenvalue weighted by Gasteiger charge is 2.41. The Kier molecular flexibility index (Phi) is 6.85. The van der Waals surface area contributed by atoms with Crippen molar-refractivity contribution >= 4 is 47.2 Å². The summed E-state index contributed by atoms with van der Waals surface area (Å²) >= 11 is 0. The summed E-state index contributed by atoms with van der Waals surface area (Å²) < 4.78 is 14.1.